The Labute approximate surface area is 135 Å². The summed E-state index contributed by atoms with van der Waals surface area (Å²) >= 11 is 0. The molecule has 22 heavy (non-hydrogen) atoms. The van der Waals surface area contributed by atoms with Crippen LogP contribution in [-0.2, 0) is 14.3 Å². The highest BCUT2D eigenvalue weighted by Gasteiger charge is 2.58. The predicted molar refractivity (Wildman–Crippen MR) is 87.4 cm³/mol. The van der Waals surface area contributed by atoms with Crippen LogP contribution in [0, 0.1) is 22.7 Å². The summed E-state index contributed by atoms with van der Waals surface area (Å²) in [6.45, 7) is 11.5. The van der Waals surface area contributed by atoms with Gasteiger partial charge in [0.2, 0.25) is 0 Å². The van der Waals surface area contributed by atoms with Gasteiger partial charge in [0.25, 0.3) is 6.47 Å². The number of hydrogen-bond acceptors (Lipinski definition) is 3. The van der Waals surface area contributed by atoms with Crippen molar-refractivity contribution in [3.63, 3.8) is 0 Å². The van der Waals surface area contributed by atoms with Crippen LogP contribution in [0.4, 0.5) is 0 Å². The van der Waals surface area contributed by atoms with Crippen LogP contribution in [-0.4, -0.2) is 17.9 Å². The second-order valence-electron chi connectivity index (χ2n) is 8.76. The number of rotatable bonds is 5. The first-order valence-corrected chi connectivity index (χ1v) is 8.77. The maximum absolute atomic E-state index is 11.5. The zero-order valence-electron chi connectivity index (χ0n) is 14.9. The number of fused-ring (bicyclic) bond motifs is 1. The minimum atomic E-state index is -0.421. The molecule has 0 amide bonds. The van der Waals surface area contributed by atoms with E-state index in [1.54, 1.807) is 6.92 Å². The number of ether oxygens (including phenoxy) is 1. The lowest BCUT2D eigenvalue weighted by Gasteiger charge is -2.61. The molecule has 0 aromatic rings. The van der Waals surface area contributed by atoms with Crippen molar-refractivity contribution in [2.75, 3.05) is 0 Å². The smallest absolute Gasteiger partial charge is 0.293 e. The molecule has 2 aliphatic rings. The van der Waals surface area contributed by atoms with Crippen molar-refractivity contribution in [1.82, 2.24) is 0 Å². The van der Waals surface area contributed by atoms with E-state index >= 15 is 0 Å². The van der Waals surface area contributed by atoms with E-state index in [1.165, 1.54) is 19.3 Å². The lowest BCUT2D eigenvalue weighted by Crippen LogP contribution is -2.58. The van der Waals surface area contributed by atoms with Gasteiger partial charge in [0.15, 0.2) is 0 Å². The van der Waals surface area contributed by atoms with Crippen LogP contribution >= 0.6 is 0 Å². The molecule has 0 saturated heterocycles. The van der Waals surface area contributed by atoms with Gasteiger partial charge in [-0.3, -0.25) is 4.79 Å². The highest BCUT2D eigenvalue weighted by molar-refractivity contribution is 5.75. The molecule has 0 bridgehead atoms. The molecule has 0 aromatic carbocycles. The average Bonchev–Trinajstić information content (AvgIpc) is 2.36. The summed E-state index contributed by atoms with van der Waals surface area (Å²) in [5.74, 6) is 1.15. The molecule has 4 atom stereocenters. The normalized spacial score (nSPS) is 40.6. The molecule has 2 aliphatic carbocycles. The average molecular weight is 308 g/mol. The van der Waals surface area contributed by atoms with Crippen molar-refractivity contribution in [3.8, 4) is 0 Å². The standard InChI is InChI=1S/C19H32O3/c1-14(21)7-8-16-18(4)11-6-10-17(2,3)15(18)9-12-19(16,5)22-13-20/h13,15-16H,6-12H2,1-5H3/t15?,16-,18+,19-/m1/s1. The summed E-state index contributed by atoms with van der Waals surface area (Å²) < 4.78 is 5.61. The van der Waals surface area contributed by atoms with E-state index in [4.69, 9.17) is 4.74 Å². The number of hydrogen-bond donors (Lipinski definition) is 0. The highest BCUT2D eigenvalue weighted by atomic mass is 16.5. The largest absolute Gasteiger partial charge is 0.461 e. The number of ketones is 1. The first-order chi connectivity index (χ1) is 10.2. The Morgan fingerprint density at radius 1 is 1.18 bits per heavy atom. The second kappa shape index (κ2) is 5.98. The van der Waals surface area contributed by atoms with E-state index in [-0.39, 0.29) is 17.1 Å². The molecule has 2 saturated carbocycles. The zero-order valence-corrected chi connectivity index (χ0v) is 14.9. The quantitative estimate of drug-likeness (QED) is 0.701. The van der Waals surface area contributed by atoms with Gasteiger partial charge in [-0.2, -0.15) is 0 Å². The molecule has 2 rings (SSSR count). The summed E-state index contributed by atoms with van der Waals surface area (Å²) in [5.41, 5.74) is 0.0765. The highest BCUT2D eigenvalue weighted by Crippen LogP contribution is 2.63. The van der Waals surface area contributed by atoms with Crippen LogP contribution in [0.2, 0.25) is 0 Å². The third-order valence-electron chi connectivity index (χ3n) is 6.84. The molecule has 126 valence electrons. The van der Waals surface area contributed by atoms with E-state index in [9.17, 15) is 9.59 Å². The molecule has 3 nitrogen and oxygen atoms in total. The molecule has 0 radical (unpaired) electrons. The van der Waals surface area contributed by atoms with Crippen molar-refractivity contribution < 1.29 is 14.3 Å². The Balaban J connectivity index is 2.36. The molecular formula is C19H32O3. The minimum Gasteiger partial charge on any atom is -0.461 e. The maximum Gasteiger partial charge on any atom is 0.293 e. The third kappa shape index (κ3) is 2.96. The number of Topliss-reactive ketones (excluding diaryl/α,β-unsaturated/α-hetero) is 1. The lowest BCUT2D eigenvalue weighted by molar-refractivity contribution is -0.190. The molecule has 2 fully saturated rings. The van der Waals surface area contributed by atoms with Crippen molar-refractivity contribution in [1.29, 1.82) is 0 Å². The summed E-state index contributed by atoms with van der Waals surface area (Å²) in [6, 6.07) is 0. The summed E-state index contributed by atoms with van der Waals surface area (Å²) in [6.07, 6.45) is 7.14. The first-order valence-electron chi connectivity index (χ1n) is 8.77. The number of carbonyl (C=O) groups excluding carboxylic acids is 2. The van der Waals surface area contributed by atoms with Gasteiger partial charge in [-0.15, -0.1) is 0 Å². The van der Waals surface area contributed by atoms with Gasteiger partial charge in [0.05, 0.1) is 0 Å². The molecule has 0 aromatic heterocycles. The van der Waals surface area contributed by atoms with Crippen LogP contribution < -0.4 is 0 Å². The topological polar surface area (TPSA) is 43.4 Å². The Morgan fingerprint density at radius 2 is 1.86 bits per heavy atom. The predicted octanol–water partition coefficient (Wildman–Crippen LogP) is 4.53. The van der Waals surface area contributed by atoms with Gasteiger partial charge in [-0.1, -0.05) is 27.2 Å². The summed E-state index contributed by atoms with van der Waals surface area (Å²) in [4.78, 5) is 22.6. The fourth-order valence-corrected chi connectivity index (χ4v) is 5.84. The van der Waals surface area contributed by atoms with Gasteiger partial charge < -0.3 is 9.53 Å². The second-order valence-corrected chi connectivity index (χ2v) is 8.76. The SMILES string of the molecule is CC(=O)CC[C@H]1[C@](C)(OC=O)CCC2C(C)(C)CCC[C@@]21C. The third-order valence-corrected chi connectivity index (χ3v) is 6.84. The molecule has 0 spiro atoms. The summed E-state index contributed by atoms with van der Waals surface area (Å²) in [7, 11) is 0. The summed E-state index contributed by atoms with van der Waals surface area (Å²) in [5, 5.41) is 0. The van der Waals surface area contributed by atoms with Crippen molar-refractivity contribution in [3.05, 3.63) is 0 Å². The molecule has 0 aliphatic heterocycles. The minimum absolute atomic E-state index is 0.160. The van der Waals surface area contributed by atoms with Crippen LogP contribution in [0.25, 0.3) is 0 Å². The molecular weight excluding hydrogens is 276 g/mol. The Bertz CT molecular complexity index is 442. The zero-order chi connectivity index (χ0) is 16.6. The Hall–Kier alpha value is -0.860. The van der Waals surface area contributed by atoms with Gasteiger partial charge in [0, 0.05) is 12.3 Å². The van der Waals surface area contributed by atoms with Crippen LogP contribution in [0.1, 0.15) is 79.6 Å². The van der Waals surface area contributed by atoms with E-state index < -0.39 is 5.60 Å². The maximum atomic E-state index is 11.5. The van der Waals surface area contributed by atoms with Crippen LogP contribution in [0.15, 0.2) is 0 Å². The first kappa shape index (κ1) is 17.5. The fourth-order valence-electron chi connectivity index (χ4n) is 5.84. The van der Waals surface area contributed by atoms with E-state index in [0.29, 0.717) is 24.2 Å². The molecule has 0 N–H and O–H groups in total. The Morgan fingerprint density at radius 3 is 2.45 bits per heavy atom. The van der Waals surface area contributed by atoms with Gasteiger partial charge in [-0.05, 0) is 62.7 Å². The van der Waals surface area contributed by atoms with Gasteiger partial charge in [0.1, 0.15) is 11.4 Å². The molecule has 1 unspecified atom stereocenters. The fraction of sp³-hybridized carbons (Fsp3) is 0.895. The van der Waals surface area contributed by atoms with Crippen molar-refractivity contribution >= 4 is 12.3 Å². The molecule has 0 heterocycles. The van der Waals surface area contributed by atoms with Crippen LogP contribution in [0.3, 0.4) is 0 Å². The monoisotopic (exact) mass is 308 g/mol. The van der Waals surface area contributed by atoms with E-state index in [0.717, 1.165) is 19.3 Å². The Kier molecular flexibility index (Phi) is 4.75. The lowest BCUT2D eigenvalue weighted by atomic mass is 9.45. The van der Waals surface area contributed by atoms with Crippen molar-refractivity contribution in [2.45, 2.75) is 85.2 Å². The number of carbonyl (C=O) groups is 2. The van der Waals surface area contributed by atoms with Gasteiger partial charge in [-0.25, -0.2) is 0 Å². The van der Waals surface area contributed by atoms with Gasteiger partial charge >= 0.3 is 0 Å². The van der Waals surface area contributed by atoms with E-state index in [2.05, 4.69) is 27.7 Å². The van der Waals surface area contributed by atoms with Crippen molar-refractivity contribution in [2.24, 2.45) is 22.7 Å². The van der Waals surface area contributed by atoms with Crippen LogP contribution in [0.5, 0.6) is 0 Å². The molecule has 3 heteroatoms. The van der Waals surface area contributed by atoms with E-state index in [1.807, 2.05) is 0 Å².